The monoisotopic (exact) mass is 369 g/mol. The van der Waals surface area contributed by atoms with Crippen LogP contribution >= 0.6 is 11.6 Å². The van der Waals surface area contributed by atoms with Crippen LogP contribution in [0.2, 0.25) is 5.02 Å². The summed E-state index contributed by atoms with van der Waals surface area (Å²) in [6.07, 6.45) is 3.97. The van der Waals surface area contributed by atoms with Crippen LogP contribution in [0.15, 0.2) is 24.3 Å². The van der Waals surface area contributed by atoms with Gasteiger partial charge in [-0.3, -0.25) is 14.5 Å². The molecule has 2 atom stereocenters. The van der Waals surface area contributed by atoms with E-state index in [0.717, 1.165) is 25.7 Å². The molecule has 26 heavy (non-hydrogen) atoms. The number of nitrogens with zero attached hydrogens (tertiary/aromatic N) is 2. The van der Waals surface area contributed by atoms with Gasteiger partial charge in [-0.2, -0.15) is 0 Å². The first-order chi connectivity index (χ1) is 12.5. The van der Waals surface area contributed by atoms with Crippen molar-refractivity contribution in [2.45, 2.75) is 43.8 Å². The lowest BCUT2D eigenvalue weighted by Gasteiger charge is -2.42. The van der Waals surface area contributed by atoms with Gasteiger partial charge in [0.2, 0.25) is 0 Å². The van der Waals surface area contributed by atoms with E-state index in [-0.39, 0.29) is 17.9 Å². The summed E-state index contributed by atoms with van der Waals surface area (Å²) in [4.78, 5) is 30.4. The molecule has 3 heterocycles. The van der Waals surface area contributed by atoms with Crippen LogP contribution in [0.3, 0.4) is 0 Å². The minimum Gasteiger partial charge on any atom is -0.397 e. The maximum Gasteiger partial charge on any atom is 0.261 e. The van der Waals surface area contributed by atoms with E-state index in [1.165, 1.54) is 4.90 Å². The highest BCUT2D eigenvalue weighted by atomic mass is 35.5. The van der Waals surface area contributed by atoms with Crippen molar-refractivity contribution in [1.29, 1.82) is 0 Å². The minimum absolute atomic E-state index is 0.0524. The molecule has 2 amide bonds. The average molecular weight is 370 g/mol. The predicted molar refractivity (Wildman–Crippen MR) is 101 cm³/mol. The quantitative estimate of drug-likeness (QED) is 0.618. The molecule has 3 aliphatic heterocycles. The number of hydrogen-bond acceptors (Lipinski definition) is 4. The number of amides is 2. The average Bonchev–Trinajstić information content (AvgIpc) is 2.83. The Hall–Kier alpha value is -2.11. The molecule has 134 valence electrons. The largest absolute Gasteiger partial charge is 0.397 e. The summed E-state index contributed by atoms with van der Waals surface area (Å²) in [5.74, 6) is -0.446. The van der Waals surface area contributed by atoms with Crippen molar-refractivity contribution in [2.24, 2.45) is 0 Å². The van der Waals surface area contributed by atoms with Gasteiger partial charge in [-0.1, -0.05) is 23.7 Å². The van der Waals surface area contributed by atoms with E-state index in [2.05, 4.69) is 11.9 Å². The SMILES string of the molecule is CN1C2CCC1CC(N1C(=O)c3cccc4c(N)c(Cl)cc(c34)C1=O)C2. The molecule has 2 N–H and O–H groups in total. The number of halogens is 1. The Morgan fingerprint density at radius 1 is 1.04 bits per heavy atom. The second kappa shape index (κ2) is 5.44. The number of rotatable bonds is 1. The Kier molecular flexibility index (Phi) is 3.37. The summed E-state index contributed by atoms with van der Waals surface area (Å²) < 4.78 is 0. The number of carbonyl (C=O) groups excluding carboxylic acids is 2. The zero-order valence-electron chi connectivity index (χ0n) is 14.5. The Labute approximate surface area is 156 Å². The van der Waals surface area contributed by atoms with Gasteiger partial charge in [0.25, 0.3) is 11.8 Å². The number of carbonyl (C=O) groups is 2. The van der Waals surface area contributed by atoms with Crippen LogP contribution in [0, 0.1) is 0 Å². The molecule has 2 saturated heterocycles. The fraction of sp³-hybridized carbons (Fsp3) is 0.400. The van der Waals surface area contributed by atoms with Crippen molar-refractivity contribution >= 4 is 39.9 Å². The molecule has 5 rings (SSSR count). The van der Waals surface area contributed by atoms with E-state index in [1.54, 1.807) is 18.2 Å². The molecule has 0 radical (unpaired) electrons. The fourth-order valence-electron chi connectivity index (χ4n) is 5.10. The van der Waals surface area contributed by atoms with Crippen LogP contribution in [0.1, 0.15) is 46.4 Å². The van der Waals surface area contributed by atoms with E-state index >= 15 is 0 Å². The number of anilines is 1. The van der Waals surface area contributed by atoms with Gasteiger partial charge >= 0.3 is 0 Å². The highest BCUT2D eigenvalue weighted by molar-refractivity contribution is 6.37. The third-order valence-corrected chi connectivity index (χ3v) is 6.80. The molecule has 2 aromatic rings. The van der Waals surface area contributed by atoms with Crippen LogP contribution in [0.5, 0.6) is 0 Å². The summed E-state index contributed by atoms with van der Waals surface area (Å²) in [6, 6.07) is 7.87. The van der Waals surface area contributed by atoms with Crippen LogP contribution < -0.4 is 5.73 Å². The number of nitrogen functional groups attached to an aromatic ring is 1. The standard InChI is InChI=1S/C20H20ClN3O2/c1-23-10-5-6-11(23)8-12(7-10)24-19(25)14-4-2-3-13-17(14)15(20(24)26)9-16(21)18(13)22/h2-4,9-12H,5-8,22H2,1H3. The van der Waals surface area contributed by atoms with Gasteiger partial charge < -0.3 is 10.6 Å². The second-order valence-corrected chi connectivity index (χ2v) is 8.11. The lowest BCUT2D eigenvalue weighted by Crippen LogP contribution is -2.54. The molecule has 6 heteroatoms. The number of hydrogen-bond donors (Lipinski definition) is 1. The summed E-state index contributed by atoms with van der Waals surface area (Å²) in [7, 11) is 2.15. The molecule has 0 saturated carbocycles. The summed E-state index contributed by atoms with van der Waals surface area (Å²) >= 11 is 6.27. The van der Waals surface area contributed by atoms with Crippen molar-refractivity contribution in [3.05, 3.63) is 40.4 Å². The summed E-state index contributed by atoms with van der Waals surface area (Å²) in [5, 5.41) is 1.67. The minimum atomic E-state index is -0.241. The van der Waals surface area contributed by atoms with Gasteiger partial charge in [0.1, 0.15) is 0 Å². The zero-order valence-corrected chi connectivity index (χ0v) is 15.3. The molecule has 2 aromatic carbocycles. The lowest BCUT2D eigenvalue weighted by molar-refractivity contribution is 0.0397. The van der Waals surface area contributed by atoms with E-state index in [1.807, 2.05) is 6.07 Å². The van der Waals surface area contributed by atoms with Crippen molar-refractivity contribution in [1.82, 2.24) is 9.80 Å². The van der Waals surface area contributed by atoms with E-state index < -0.39 is 0 Å². The van der Waals surface area contributed by atoms with Crippen LogP contribution in [0.4, 0.5) is 5.69 Å². The van der Waals surface area contributed by atoms with Gasteiger partial charge in [0.05, 0.1) is 16.3 Å². The number of piperidine rings is 1. The van der Waals surface area contributed by atoms with Crippen LogP contribution in [-0.2, 0) is 0 Å². The molecule has 0 spiro atoms. The Morgan fingerprint density at radius 2 is 1.69 bits per heavy atom. The molecule has 3 aliphatic rings. The normalized spacial score (nSPS) is 28.2. The van der Waals surface area contributed by atoms with Crippen molar-refractivity contribution in [3.8, 4) is 0 Å². The molecule has 2 fully saturated rings. The first-order valence-corrected chi connectivity index (χ1v) is 9.45. The topological polar surface area (TPSA) is 66.6 Å². The predicted octanol–water partition coefficient (Wildman–Crippen LogP) is 3.30. The zero-order chi connectivity index (χ0) is 18.2. The van der Waals surface area contributed by atoms with Crippen molar-refractivity contribution in [3.63, 3.8) is 0 Å². The van der Waals surface area contributed by atoms with Crippen LogP contribution in [-0.4, -0.2) is 46.8 Å². The molecular formula is C20H20ClN3O2. The molecule has 2 bridgehead atoms. The van der Waals surface area contributed by atoms with E-state index in [0.29, 0.717) is 44.7 Å². The maximum atomic E-state index is 13.3. The smallest absolute Gasteiger partial charge is 0.261 e. The number of fused-ring (bicyclic) bond motifs is 2. The van der Waals surface area contributed by atoms with E-state index in [4.69, 9.17) is 17.3 Å². The number of benzene rings is 2. The fourth-order valence-corrected chi connectivity index (χ4v) is 5.31. The van der Waals surface area contributed by atoms with Gasteiger partial charge in [-0.05, 0) is 44.9 Å². The molecular weight excluding hydrogens is 350 g/mol. The first kappa shape index (κ1) is 16.1. The summed E-state index contributed by atoms with van der Waals surface area (Å²) in [6.45, 7) is 0. The third kappa shape index (κ3) is 2.01. The lowest BCUT2D eigenvalue weighted by atomic mass is 9.89. The first-order valence-electron chi connectivity index (χ1n) is 9.08. The highest BCUT2D eigenvalue weighted by Gasteiger charge is 2.45. The van der Waals surface area contributed by atoms with Gasteiger partial charge in [0, 0.05) is 34.5 Å². The van der Waals surface area contributed by atoms with Gasteiger partial charge in [-0.15, -0.1) is 0 Å². The molecule has 2 unspecified atom stereocenters. The second-order valence-electron chi connectivity index (χ2n) is 7.70. The third-order valence-electron chi connectivity index (χ3n) is 6.49. The highest BCUT2D eigenvalue weighted by Crippen LogP contribution is 2.41. The van der Waals surface area contributed by atoms with Crippen molar-refractivity contribution < 1.29 is 9.59 Å². The van der Waals surface area contributed by atoms with Gasteiger partial charge in [-0.25, -0.2) is 0 Å². The number of imide groups is 1. The maximum absolute atomic E-state index is 13.3. The molecule has 0 aromatic heterocycles. The Balaban J connectivity index is 1.64. The van der Waals surface area contributed by atoms with Gasteiger partial charge in [0.15, 0.2) is 0 Å². The molecule has 0 aliphatic carbocycles. The van der Waals surface area contributed by atoms with E-state index in [9.17, 15) is 9.59 Å². The summed E-state index contributed by atoms with van der Waals surface area (Å²) in [5.41, 5.74) is 7.54. The Morgan fingerprint density at radius 3 is 2.38 bits per heavy atom. The Bertz CT molecular complexity index is 959. The van der Waals surface area contributed by atoms with Crippen LogP contribution in [0.25, 0.3) is 10.8 Å². The number of nitrogens with two attached hydrogens (primary N) is 1. The molecule has 5 nitrogen and oxygen atoms in total. The van der Waals surface area contributed by atoms with Crippen molar-refractivity contribution in [2.75, 3.05) is 12.8 Å².